The van der Waals surface area contributed by atoms with Gasteiger partial charge in [-0.15, -0.1) is 12.4 Å². The van der Waals surface area contributed by atoms with E-state index in [2.05, 4.69) is 20.8 Å². The van der Waals surface area contributed by atoms with Crippen molar-refractivity contribution in [1.82, 2.24) is 15.5 Å². The normalized spacial score (nSPS) is 16.7. The average molecular weight is 339 g/mol. The van der Waals surface area contributed by atoms with Crippen molar-refractivity contribution in [2.75, 3.05) is 25.5 Å². The van der Waals surface area contributed by atoms with Gasteiger partial charge in [0.05, 0.1) is 25.1 Å². The second-order valence-electron chi connectivity index (χ2n) is 5.16. The zero-order valence-electron chi connectivity index (χ0n) is 12.7. The molecule has 1 amide bonds. The highest BCUT2D eigenvalue weighted by Crippen LogP contribution is 2.23. The van der Waals surface area contributed by atoms with Crippen molar-refractivity contribution in [2.24, 2.45) is 0 Å². The van der Waals surface area contributed by atoms with Gasteiger partial charge in [0.15, 0.2) is 5.82 Å². The maximum atomic E-state index is 12.1. The molecule has 1 aliphatic rings. The van der Waals surface area contributed by atoms with Crippen molar-refractivity contribution >= 4 is 24.0 Å². The van der Waals surface area contributed by atoms with E-state index >= 15 is 0 Å². The molecule has 124 valence electrons. The van der Waals surface area contributed by atoms with Crippen LogP contribution in [0.1, 0.15) is 24.1 Å². The van der Waals surface area contributed by atoms with Gasteiger partial charge in [-0.2, -0.15) is 4.98 Å². The maximum Gasteiger partial charge on any atom is 0.232 e. The molecule has 3 rings (SSSR count). The fourth-order valence-corrected chi connectivity index (χ4v) is 2.46. The molecule has 0 aliphatic carbocycles. The van der Waals surface area contributed by atoms with E-state index in [-0.39, 0.29) is 30.7 Å². The Balaban J connectivity index is 0.00000192. The van der Waals surface area contributed by atoms with Gasteiger partial charge in [0.1, 0.15) is 5.75 Å². The predicted molar refractivity (Wildman–Crippen MR) is 87.1 cm³/mol. The number of nitrogens with zero attached hydrogens (tertiary/aromatic N) is 2. The minimum atomic E-state index is -0.207. The maximum absolute atomic E-state index is 12.1. The molecule has 0 unspecified atom stereocenters. The summed E-state index contributed by atoms with van der Waals surface area (Å²) in [6.07, 6.45) is 1.05. The van der Waals surface area contributed by atoms with Crippen molar-refractivity contribution in [3.8, 4) is 5.75 Å². The molecule has 1 atom stereocenters. The second-order valence-corrected chi connectivity index (χ2v) is 5.16. The lowest BCUT2D eigenvalue weighted by atomic mass is 10.1. The molecule has 0 saturated carbocycles. The first-order chi connectivity index (χ1) is 10.8. The molecular formula is C15H19ClN4O3. The average Bonchev–Trinajstić information content (AvgIpc) is 3.18. The Morgan fingerprint density at radius 1 is 1.48 bits per heavy atom. The number of halogens is 1. The number of carbonyl (C=O) groups is 1. The Labute approximate surface area is 140 Å². The first-order valence-corrected chi connectivity index (χ1v) is 7.22. The monoisotopic (exact) mass is 338 g/mol. The van der Waals surface area contributed by atoms with Gasteiger partial charge in [0.25, 0.3) is 0 Å². The van der Waals surface area contributed by atoms with Crippen LogP contribution in [0.3, 0.4) is 0 Å². The molecule has 1 aliphatic heterocycles. The van der Waals surface area contributed by atoms with Crippen LogP contribution in [0.2, 0.25) is 0 Å². The molecule has 23 heavy (non-hydrogen) atoms. The number of rotatable bonds is 5. The van der Waals surface area contributed by atoms with Crippen molar-refractivity contribution < 1.29 is 14.1 Å². The Bertz CT molecular complexity index is 656. The molecule has 1 saturated heterocycles. The molecule has 2 heterocycles. The summed E-state index contributed by atoms with van der Waals surface area (Å²) < 4.78 is 10.4. The van der Waals surface area contributed by atoms with Gasteiger partial charge in [-0.25, -0.2) is 0 Å². The van der Waals surface area contributed by atoms with Crippen LogP contribution in [0.4, 0.5) is 5.69 Å². The van der Waals surface area contributed by atoms with E-state index in [1.807, 2.05) is 12.1 Å². The summed E-state index contributed by atoms with van der Waals surface area (Å²) in [6, 6.07) is 7.24. The van der Waals surface area contributed by atoms with Crippen LogP contribution in [0.5, 0.6) is 5.75 Å². The number of benzene rings is 1. The van der Waals surface area contributed by atoms with Gasteiger partial charge in [-0.05, 0) is 25.1 Å². The molecule has 1 fully saturated rings. The second kappa shape index (κ2) is 7.94. The zero-order valence-corrected chi connectivity index (χ0v) is 13.6. The van der Waals surface area contributed by atoms with Crippen molar-refractivity contribution in [1.29, 1.82) is 0 Å². The number of nitrogens with one attached hydrogen (secondary N) is 2. The van der Waals surface area contributed by atoms with Gasteiger partial charge < -0.3 is 19.9 Å². The number of amides is 1. The van der Waals surface area contributed by atoms with Gasteiger partial charge in [0, 0.05) is 6.54 Å². The van der Waals surface area contributed by atoms with Crippen LogP contribution < -0.4 is 15.4 Å². The highest BCUT2D eigenvalue weighted by Gasteiger charge is 2.23. The Hall–Kier alpha value is -2.12. The minimum Gasteiger partial charge on any atom is -0.495 e. The third kappa shape index (κ3) is 4.20. The van der Waals surface area contributed by atoms with Crippen LogP contribution in [0.25, 0.3) is 0 Å². The largest absolute Gasteiger partial charge is 0.495 e. The molecule has 8 heteroatoms. The molecular weight excluding hydrogens is 320 g/mol. The summed E-state index contributed by atoms with van der Waals surface area (Å²) in [7, 11) is 1.56. The number of aromatic nitrogens is 2. The van der Waals surface area contributed by atoms with E-state index in [1.165, 1.54) is 0 Å². The number of hydrogen-bond acceptors (Lipinski definition) is 6. The fourth-order valence-electron chi connectivity index (χ4n) is 2.46. The molecule has 1 aromatic heterocycles. The third-order valence-electron chi connectivity index (χ3n) is 3.59. The van der Waals surface area contributed by atoms with E-state index in [1.54, 1.807) is 19.2 Å². The van der Waals surface area contributed by atoms with Gasteiger partial charge in [-0.3, -0.25) is 4.79 Å². The number of anilines is 1. The molecule has 1 aromatic carbocycles. The lowest BCUT2D eigenvalue weighted by molar-refractivity contribution is -0.115. The summed E-state index contributed by atoms with van der Waals surface area (Å²) in [4.78, 5) is 16.4. The van der Waals surface area contributed by atoms with E-state index in [0.717, 1.165) is 19.5 Å². The van der Waals surface area contributed by atoms with Crippen LogP contribution in [-0.4, -0.2) is 36.2 Å². The van der Waals surface area contributed by atoms with Crippen molar-refractivity contribution in [3.63, 3.8) is 0 Å². The molecule has 2 N–H and O–H groups in total. The van der Waals surface area contributed by atoms with E-state index in [9.17, 15) is 4.79 Å². The van der Waals surface area contributed by atoms with Crippen LogP contribution in [0, 0.1) is 0 Å². The quantitative estimate of drug-likeness (QED) is 0.863. The van der Waals surface area contributed by atoms with Crippen molar-refractivity contribution in [3.05, 3.63) is 36.0 Å². The number of para-hydroxylation sites is 2. The highest BCUT2D eigenvalue weighted by atomic mass is 35.5. The lowest BCUT2D eigenvalue weighted by Crippen LogP contribution is -2.16. The summed E-state index contributed by atoms with van der Waals surface area (Å²) in [5, 5.41) is 9.92. The fraction of sp³-hybridized carbons (Fsp3) is 0.400. The number of carbonyl (C=O) groups excluding carboxylic acids is 1. The Morgan fingerprint density at radius 3 is 3.04 bits per heavy atom. The Kier molecular flexibility index (Phi) is 5.95. The smallest absolute Gasteiger partial charge is 0.232 e. The van der Waals surface area contributed by atoms with E-state index < -0.39 is 0 Å². The minimum absolute atomic E-state index is 0. The van der Waals surface area contributed by atoms with Crippen LogP contribution in [0.15, 0.2) is 28.8 Å². The molecule has 7 nitrogen and oxygen atoms in total. The summed E-state index contributed by atoms with van der Waals surface area (Å²) in [5.41, 5.74) is 0.624. The first kappa shape index (κ1) is 17.2. The molecule has 2 aromatic rings. The van der Waals surface area contributed by atoms with E-state index in [4.69, 9.17) is 9.26 Å². The molecule has 0 radical (unpaired) electrons. The number of hydrogen-bond donors (Lipinski definition) is 2. The number of methoxy groups -OCH3 is 1. The lowest BCUT2D eigenvalue weighted by Gasteiger charge is -2.08. The molecule has 0 bridgehead atoms. The Morgan fingerprint density at radius 2 is 2.30 bits per heavy atom. The molecule has 0 spiro atoms. The van der Waals surface area contributed by atoms with Gasteiger partial charge in [-0.1, -0.05) is 17.3 Å². The standard InChI is InChI=1S/C15H18N4O3.ClH/c1-21-12-5-3-2-4-11(12)17-14(20)8-13-18-15(22-19-13)10-6-7-16-9-10;/h2-5,10,16H,6-9H2,1H3,(H,17,20);1H/t10-;/m1./s1. The van der Waals surface area contributed by atoms with E-state index in [0.29, 0.717) is 23.2 Å². The first-order valence-electron chi connectivity index (χ1n) is 7.22. The summed E-state index contributed by atoms with van der Waals surface area (Å²) >= 11 is 0. The number of ether oxygens (including phenoxy) is 1. The predicted octanol–water partition coefficient (Wildman–Crippen LogP) is 1.76. The van der Waals surface area contributed by atoms with Gasteiger partial charge >= 0.3 is 0 Å². The topological polar surface area (TPSA) is 89.3 Å². The summed E-state index contributed by atoms with van der Waals surface area (Å²) in [5.74, 6) is 1.65. The van der Waals surface area contributed by atoms with Gasteiger partial charge in [0.2, 0.25) is 11.8 Å². The van der Waals surface area contributed by atoms with Crippen molar-refractivity contribution in [2.45, 2.75) is 18.8 Å². The SMILES string of the molecule is COc1ccccc1NC(=O)Cc1noc([C@@H]2CCNC2)n1.Cl. The third-order valence-corrected chi connectivity index (χ3v) is 3.59. The van der Waals surface area contributed by atoms with Crippen LogP contribution >= 0.6 is 12.4 Å². The van der Waals surface area contributed by atoms with Crippen LogP contribution in [-0.2, 0) is 11.2 Å². The highest BCUT2D eigenvalue weighted by molar-refractivity contribution is 5.93. The summed E-state index contributed by atoms with van der Waals surface area (Å²) in [6.45, 7) is 1.80. The zero-order chi connectivity index (χ0) is 15.4.